The molecule has 6 heteroatoms. The molecule has 28 heavy (non-hydrogen) atoms. The van der Waals surface area contributed by atoms with Gasteiger partial charge < -0.3 is 13.9 Å². The van der Waals surface area contributed by atoms with Gasteiger partial charge in [-0.25, -0.2) is 5.01 Å². The molecule has 1 atom stereocenters. The molecule has 1 aliphatic heterocycles. The summed E-state index contributed by atoms with van der Waals surface area (Å²) in [5, 5.41) is 6.11. The van der Waals surface area contributed by atoms with E-state index in [1.807, 2.05) is 48.5 Å². The molecule has 142 valence electrons. The zero-order valence-corrected chi connectivity index (χ0v) is 15.7. The van der Waals surface area contributed by atoms with E-state index < -0.39 is 0 Å². The largest absolute Gasteiger partial charge is 0.497 e. The van der Waals surface area contributed by atoms with Crippen molar-refractivity contribution in [3.05, 3.63) is 83.8 Å². The van der Waals surface area contributed by atoms with E-state index in [0.717, 1.165) is 17.0 Å². The Hall–Kier alpha value is -3.54. The number of hydrazone groups is 1. The topological polar surface area (TPSA) is 64.3 Å². The number of para-hydroxylation sites is 1. The number of carbonyl (C=O) groups excluding carboxylic acids is 1. The maximum absolute atomic E-state index is 13.4. The van der Waals surface area contributed by atoms with Gasteiger partial charge in [-0.3, -0.25) is 4.79 Å². The first-order valence-electron chi connectivity index (χ1n) is 8.93. The summed E-state index contributed by atoms with van der Waals surface area (Å²) in [4.78, 5) is 13.4. The van der Waals surface area contributed by atoms with Crippen molar-refractivity contribution < 1.29 is 18.7 Å². The molecule has 1 amide bonds. The second-order valence-corrected chi connectivity index (χ2v) is 6.37. The van der Waals surface area contributed by atoms with Gasteiger partial charge in [0.05, 0.1) is 32.1 Å². The molecule has 1 aliphatic rings. The van der Waals surface area contributed by atoms with Crippen LogP contribution in [0.15, 0.2) is 76.4 Å². The molecule has 0 aliphatic carbocycles. The van der Waals surface area contributed by atoms with E-state index in [4.69, 9.17) is 13.9 Å². The van der Waals surface area contributed by atoms with Gasteiger partial charge in [-0.05, 0) is 42.0 Å². The van der Waals surface area contributed by atoms with Crippen molar-refractivity contribution in [1.29, 1.82) is 0 Å². The van der Waals surface area contributed by atoms with Crippen LogP contribution >= 0.6 is 0 Å². The van der Waals surface area contributed by atoms with Crippen molar-refractivity contribution in [2.24, 2.45) is 5.10 Å². The summed E-state index contributed by atoms with van der Waals surface area (Å²) in [5.41, 5.74) is 2.12. The maximum atomic E-state index is 13.4. The number of rotatable bonds is 5. The summed E-state index contributed by atoms with van der Waals surface area (Å²) in [6.07, 6.45) is 2.14. The van der Waals surface area contributed by atoms with Crippen LogP contribution in [0, 0.1) is 0 Å². The number of amides is 1. The Morgan fingerprint density at radius 2 is 1.93 bits per heavy atom. The highest BCUT2D eigenvalue weighted by Gasteiger charge is 2.35. The number of hydrogen-bond donors (Lipinski definition) is 0. The molecule has 1 aromatic heterocycles. The van der Waals surface area contributed by atoms with E-state index in [1.54, 1.807) is 32.6 Å². The predicted octanol–water partition coefficient (Wildman–Crippen LogP) is 4.29. The molecule has 0 saturated heterocycles. The van der Waals surface area contributed by atoms with Gasteiger partial charge in [-0.1, -0.05) is 24.3 Å². The summed E-state index contributed by atoms with van der Waals surface area (Å²) in [5.74, 6) is 1.67. The first kappa shape index (κ1) is 17.9. The SMILES string of the molecule is COc1cccc(C2CC(c3ccco3)=NN2C(=O)c2ccccc2OC)c1. The zero-order chi connectivity index (χ0) is 19.5. The van der Waals surface area contributed by atoms with E-state index in [2.05, 4.69) is 5.10 Å². The Balaban J connectivity index is 1.75. The molecular formula is C22H20N2O4. The van der Waals surface area contributed by atoms with Gasteiger partial charge >= 0.3 is 0 Å². The second-order valence-electron chi connectivity index (χ2n) is 6.37. The lowest BCUT2D eigenvalue weighted by Gasteiger charge is -2.23. The molecule has 0 spiro atoms. The van der Waals surface area contributed by atoms with E-state index in [0.29, 0.717) is 23.5 Å². The lowest BCUT2D eigenvalue weighted by Crippen LogP contribution is -2.27. The monoisotopic (exact) mass is 376 g/mol. The van der Waals surface area contributed by atoms with Gasteiger partial charge in [0.15, 0.2) is 0 Å². The first-order chi connectivity index (χ1) is 13.7. The lowest BCUT2D eigenvalue weighted by atomic mass is 10.00. The van der Waals surface area contributed by atoms with Gasteiger partial charge in [0.1, 0.15) is 23.0 Å². The Morgan fingerprint density at radius 1 is 1.07 bits per heavy atom. The van der Waals surface area contributed by atoms with Gasteiger partial charge in [-0.15, -0.1) is 0 Å². The fraction of sp³-hybridized carbons (Fsp3) is 0.182. The first-order valence-corrected chi connectivity index (χ1v) is 8.93. The molecular weight excluding hydrogens is 356 g/mol. The van der Waals surface area contributed by atoms with E-state index >= 15 is 0 Å². The summed E-state index contributed by atoms with van der Waals surface area (Å²) < 4.78 is 16.2. The number of furan rings is 1. The quantitative estimate of drug-likeness (QED) is 0.666. The van der Waals surface area contributed by atoms with Gasteiger partial charge in [0, 0.05) is 6.42 Å². The van der Waals surface area contributed by atoms with Gasteiger partial charge in [-0.2, -0.15) is 5.10 Å². The smallest absolute Gasteiger partial charge is 0.278 e. The Labute approximate surface area is 163 Å². The second kappa shape index (κ2) is 7.60. The van der Waals surface area contributed by atoms with Crippen LogP contribution in [0.25, 0.3) is 0 Å². The van der Waals surface area contributed by atoms with Crippen LogP contribution < -0.4 is 9.47 Å². The molecule has 3 aromatic rings. The molecule has 0 N–H and O–H groups in total. The van der Waals surface area contributed by atoms with Crippen LogP contribution in [0.1, 0.15) is 34.1 Å². The summed E-state index contributed by atoms with van der Waals surface area (Å²) in [6.45, 7) is 0. The average Bonchev–Trinajstić information content (AvgIpc) is 3.43. The summed E-state index contributed by atoms with van der Waals surface area (Å²) in [7, 11) is 3.17. The minimum atomic E-state index is -0.271. The molecule has 6 nitrogen and oxygen atoms in total. The molecule has 4 rings (SSSR count). The summed E-state index contributed by atoms with van der Waals surface area (Å²) >= 11 is 0. The maximum Gasteiger partial charge on any atom is 0.278 e. The molecule has 0 bridgehead atoms. The van der Waals surface area contributed by atoms with Crippen molar-refractivity contribution >= 4 is 11.6 Å². The predicted molar refractivity (Wildman–Crippen MR) is 105 cm³/mol. The van der Waals surface area contributed by atoms with E-state index in [-0.39, 0.29) is 11.9 Å². The number of hydrogen-bond acceptors (Lipinski definition) is 5. The third-order valence-corrected chi connectivity index (χ3v) is 4.74. The Morgan fingerprint density at radius 3 is 2.68 bits per heavy atom. The Bertz CT molecular complexity index is 1010. The minimum Gasteiger partial charge on any atom is -0.497 e. The molecule has 0 radical (unpaired) electrons. The highest BCUT2D eigenvalue weighted by atomic mass is 16.5. The van der Waals surface area contributed by atoms with E-state index in [9.17, 15) is 4.79 Å². The molecule has 0 fully saturated rings. The van der Waals surface area contributed by atoms with Gasteiger partial charge in [0.2, 0.25) is 0 Å². The third kappa shape index (κ3) is 3.24. The highest BCUT2D eigenvalue weighted by Crippen LogP contribution is 2.36. The fourth-order valence-corrected chi connectivity index (χ4v) is 3.34. The van der Waals surface area contributed by atoms with Crippen molar-refractivity contribution in [3.8, 4) is 11.5 Å². The van der Waals surface area contributed by atoms with Crippen LogP contribution in [-0.4, -0.2) is 30.8 Å². The fourth-order valence-electron chi connectivity index (χ4n) is 3.34. The third-order valence-electron chi connectivity index (χ3n) is 4.74. The van der Waals surface area contributed by atoms with Crippen LogP contribution in [-0.2, 0) is 0 Å². The van der Waals surface area contributed by atoms with Crippen LogP contribution in [0.4, 0.5) is 0 Å². The van der Waals surface area contributed by atoms with Gasteiger partial charge in [0.25, 0.3) is 5.91 Å². The Kier molecular flexibility index (Phi) is 4.85. The number of carbonyl (C=O) groups is 1. The lowest BCUT2D eigenvalue weighted by molar-refractivity contribution is 0.0707. The van der Waals surface area contributed by atoms with Crippen LogP contribution in [0.3, 0.4) is 0 Å². The van der Waals surface area contributed by atoms with Crippen molar-refractivity contribution in [3.63, 3.8) is 0 Å². The molecule has 2 aromatic carbocycles. The number of methoxy groups -OCH3 is 2. The summed E-state index contributed by atoms with van der Waals surface area (Å²) in [6, 6.07) is 18.2. The number of benzene rings is 2. The van der Waals surface area contributed by atoms with Crippen LogP contribution in [0.5, 0.6) is 11.5 Å². The van der Waals surface area contributed by atoms with Crippen LogP contribution in [0.2, 0.25) is 0 Å². The molecule has 1 unspecified atom stereocenters. The number of ether oxygens (including phenoxy) is 2. The highest BCUT2D eigenvalue weighted by molar-refractivity contribution is 6.04. The average molecular weight is 376 g/mol. The minimum absolute atomic E-state index is 0.230. The van der Waals surface area contributed by atoms with E-state index in [1.165, 1.54) is 5.01 Å². The number of nitrogens with zero attached hydrogens (tertiary/aromatic N) is 2. The van der Waals surface area contributed by atoms with Crippen molar-refractivity contribution in [2.75, 3.05) is 14.2 Å². The zero-order valence-electron chi connectivity index (χ0n) is 15.7. The van der Waals surface area contributed by atoms with Crippen molar-refractivity contribution in [1.82, 2.24) is 5.01 Å². The standard InChI is InChI=1S/C22H20N2O4/c1-26-16-8-5-7-15(13-16)19-14-18(21-11-6-12-28-21)23-24(19)22(25)17-9-3-4-10-20(17)27-2/h3-13,19H,14H2,1-2H3. The molecule has 0 saturated carbocycles. The van der Waals surface area contributed by atoms with Crippen molar-refractivity contribution in [2.45, 2.75) is 12.5 Å². The normalized spacial score (nSPS) is 16.0. The molecule has 2 heterocycles.